The SMILES string of the molecule is Cc1ccc(C#N)c(C(C#N)c2ccsc2)c1. The third kappa shape index (κ3) is 2.20. The summed E-state index contributed by atoms with van der Waals surface area (Å²) in [6.45, 7) is 1.96. The Kier molecular flexibility index (Phi) is 3.23. The van der Waals surface area contributed by atoms with Gasteiger partial charge in [-0.05, 0) is 40.9 Å². The Morgan fingerprint density at radius 2 is 2.06 bits per heavy atom. The van der Waals surface area contributed by atoms with Crippen LogP contribution in [-0.2, 0) is 0 Å². The van der Waals surface area contributed by atoms with E-state index in [9.17, 15) is 5.26 Å². The molecule has 0 spiro atoms. The van der Waals surface area contributed by atoms with Gasteiger partial charge in [0.25, 0.3) is 0 Å². The number of hydrogen-bond donors (Lipinski definition) is 0. The summed E-state index contributed by atoms with van der Waals surface area (Å²) in [4.78, 5) is 0. The van der Waals surface area contributed by atoms with Gasteiger partial charge in [-0.2, -0.15) is 21.9 Å². The molecule has 1 unspecified atom stereocenters. The molecule has 0 N–H and O–H groups in total. The van der Waals surface area contributed by atoms with Crippen LogP contribution >= 0.6 is 11.3 Å². The zero-order chi connectivity index (χ0) is 12.3. The molecule has 2 nitrogen and oxygen atoms in total. The zero-order valence-corrected chi connectivity index (χ0v) is 10.2. The summed E-state index contributed by atoms with van der Waals surface area (Å²) in [5.41, 5.74) is 3.40. The summed E-state index contributed by atoms with van der Waals surface area (Å²) >= 11 is 1.56. The van der Waals surface area contributed by atoms with Gasteiger partial charge in [-0.3, -0.25) is 0 Å². The molecule has 1 atom stereocenters. The lowest BCUT2D eigenvalue weighted by Crippen LogP contribution is -2.00. The van der Waals surface area contributed by atoms with E-state index in [1.54, 1.807) is 17.4 Å². The van der Waals surface area contributed by atoms with Crippen molar-refractivity contribution in [2.75, 3.05) is 0 Å². The maximum absolute atomic E-state index is 9.31. The molecule has 1 aromatic heterocycles. The van der Waals surface area contributed by atoms with Crippen molar-refractivity contribution in [3.05, 3.63) is 57.3 Å². The van der Waals surface area contributed by atoms with E-state index in [1.165, 1.54) is 0 Å². The second kappa shape index (κ2) is 4.82. The number of nitriles is 2. The van der Waals surface area contributed by atoms with E-state index in [4.69, 9.17) is 5.26 Å². The minimum atomic E-state index is -0.351. The van der Waals surface area contributed by atoms with Crippen molar-refractivity contribution in [2.24, 2.45) is 0 Å². The predicted octanol–water partition coefficient (Wildman–Crippen LogP) is 3.58. The molecule has 2 aromatic rings. The van der Waals surface area contributed by atoms with E-state index in [0.717, 1.165) is 16.7 Å². The van der Waals surface area contributed by atoms with Gasteiger partial charge >= 0.3 is 0 Å². The Morgan fingerprint density at radius 3 is 2.65 bits per heavy atom. The molecular weight excluding hydrogens is 228 g/mol. The van der Waals surface area contributed by atoms with Crippen LogP contribution in [0, 0.1) is 29.6 Å². The van der Waals surface area contributed by atoms with Crippen molar-refractivity contribution < 1.29 is 0 Å². The summed E-state index contributed by atoms with van der Waals surface area (Å²) in [5.74, 6) is -0.351. The highest BCUT2D eigenvalue weighted by Crippen LogP contribution is 2.28. The fraction of sp³-hybridized carbons (Fsp3) is 0.143. The Balaban J connectivity index is 2.56. The third-order valence-corrected chi connectivity index (χ3v) is 3.35. The van der Waals surface area contributed by atoms with Crippen LogP contribution in [-0.4, -0.2) is 0 Å². The minimum absolute atomic E-state index is 0.351. The Labute approximate surface area is 104 Å². The molecule has 1 aromatic carbocycles. The average Bonchev–Trinajstić information content (AvgIpc) is 2.84. The summed E-state index contributed by atoms with van der Waals surface area (Å²) in [7, 11) is 0. The van der Waals surface area contributed by atoms with Gasteiger partial charge in [0, 0.05) is 0 Å². The molecule has 0 saturated heterocycles. The van der Waals surface area contributed by atoms with Crippen molar-refractivity contribution in [3.63, 3.8) is 0 Å². The first-order valence-electron chi connectivity index (χ1n) is 5.18. The second-order valence-corrected chi connectivity index (χ2v) is 4.60. The van der Waals surface area contributed by atoms with Gasteiger partial charge in [0.05, 0.1) is 23.6 Å². The second-order valence-electron chi connectivity index (χ2n) is 3.82. The van der Waals surface area contributed by atoms with Gasteiger partial charge in [0.2, 0.25) is 0 Å². The number of benzene rings is 1. The Morgan fingerprint density at radius 1 is 1.24 bits per heavy atom. The molecule has 0 bridgehead atoms. The van der Waals surface area contributed by atoms with Crippen LogP contribution in [0.3, 0.4) is 0 Å². The minimum Gasteiger partial charge on any atom is -0.197 e. The molecule has 82 valence electrons. The van der Waals surface area contributed by atoms with Crippen LogP contribution in [0.2, 0.25) is 0 Å². The molecular formula is C14H10N2S. The van der Waals surface area contributed by atoms with E-state index in [2.05, 4.69) is 12.1 Å². The molecule has 0 saturated carbocycles. The van der Waals surface area contributed by atoms with Crippen LogP contribution in [0.4, 0.5) is 0 Å². The highest BCUT2D eigenvalue weighted by molar-refractivity contribution is 7.08. The lowest BCUT2D eigenvalue weighted by molar-refractivity contribution is 1.03. The van der Waals surface area contributed by atoms with E-state index < -0.39 is 0 Å². The first-order chi connectivity index (χ1) is 8.26. The Hall–Kier alpha value is -2.10. The van der Waals surface area contributed by atoms with E-state index in [0.29, 0.717) is 5.56 Å². The van der Waals surface area contributed by atoms with Crippen LogP contribution in [0.15, 0.2) is 35.0 Å². The predicted molar refractivity (Wildman–Crippen MR) is 67.7 cm³/mol. The summed E-state index contributed by atoms with van der Waals surface area (Å²) in [5, 5.41) is 22.3. The van der Waals surface area contributed by atoms with E-state index in [-0.39, 0.29) is 5.92 Å². The molecule has 17 heavy (non-hydrogen) atoms. The fourth-order valence-electron chi connectivity index (χ4n) is 1.79. The van der Waals surface area contributed by atoms with Crippen molar-refractivity contribution in [2.45, 2.75) is 12.8 Å². The van der Waals surface area contributed by atoms with Crippen molar-refractivity contribution in [1.29, 1.82) is 10.5 Å². The summed E-state index contributed by atoms with van der Waals surface area (Å²) < 4.78 is 0. The van der Waals surface area contributed by atoms with Gasteiger partial charge in [0.15, 0.2) is 0 Å². The Bertz CT molecular complexity index is 600. The number of rotatable bonds is 2. The smallest absolute Gasteiger partial charge is 0.0995 e. The molecule has 1 heterocycles. The standard InChI is InChI=1S/C14H10N2S/c1-10-2-3-11(7-15)13(6-10)14(8-16)12-4-5-17-9-12/h2-6,9,14H,1H3. The monoisotopic (exact) mass is 238 g/mol. The van der Waals surface area contributed by atoms with Crippen LogP contribution < -0.4 is 0 Å². The average molecular weight is 238 g/mol. The lowest BCUT2D eigenvalue weighted by Gasteiger charge is -2.10. The number of thiophene rings is 1. The maximum Gasteiger partial charge on any atom is 0.0995 e. The molecule has 3 heteroatoms. The van der Waals surface area contributed by atoms with Crippen LogP contribution in [0.5, 0.6) is 0 Å². The quantitative estimate of drug-likeness (QED) is 0.802. The number of nitrogens with zero attached hydrogens (tertiary/aromatic N) is 2. The van der Waals surface area contributed by atoms with E-state index in [1.807, 2.05) is 35.9 Å². The van der Waals surface area contributed by atoms with Gasteiger partial charge in [-0.15, -0.1) is 0 Å². The summed E-state index contributed by atoms with van der Waals surface area (Å²) in [6, 6.07) is 12.0. The fourth-order valence-corrected chi connectivity index (χ4v) is 2.47. The van der Waals surface area contributed by atoms with Gasteiger partial charge in [-0.1, -0.05) is 17.7 Å². The zero-order valence-electron chi connectivity index (χ0n) is 9.34. The van der Waals surface area contributed by atoms with Crippen molar-refractivity contribution in [3.8, 4) is 12.1 Å². The van der Waals surface area contributed by atoms with Crippen molar-refractivity contribution in [1.82, 2.24) is 0 Å². The topological polar surface area (TPSA) is 47.6 Å². The maximum atomic E-state index is 9.31. The van der Waals surface area contributed by atoms with Crippen LogP contribution in [0.25, 0.3) is 0 Å². The van der Waals surface area contributed by atoms with Gasteiger partial charge < -0.3 is 0 Å². The first-order valence-corrected chi connectivity index (χ1v) is 6.13. The lowest BCUT2D eigenvalue weighted by atomic mass is 9.90. The number of aryl methyl sites for hydroxylation is 1. The van der Waals surface area contributed by atoms with Gasteiger partial charge in [0.1, 0.15) is 0 Å². The molecule has 0 aliphatic heterocycles. The molecule has 0 radical (unpaired) electrons. The number of hydrogen-bond acceptors (Lipinski definition) is 3. The van der Waals surface area contributed by atoms with Gasteiger partial charge in [-0.25, -0.2) is 0 Å². The van der Waals surface area contributed by atoms with Crippen molar-refractivity contribution >= 4 is 11.3 Å². The molecule has 0 aliphatic rings. The third-order valence-electron chi connectivity index (χ3n) is 2.64. The van der Waals surface area contributed by atoms with Crippen LogP contribution in [0.1, 0.15) is 28.2 Å². The highest BCUT2D eigenvalue weighted by Gasteiger charge is 2.17. The normalized spacial score (nSPS) is 11.5. The van der Waals surface area contributed by atoms with E-state index >= 15 is 0 Å². The summed E-state index contributed by atoms with van der Waals surface area (Å²) in [6.07, 6.45) is 0. The first kappa shape index (κ1) is 11.4. The molecule has 0 aliphatic carbocycles. The molecule has 0 fully saturated rings. The highest BCUT2D eigenvalue weighted by atomic mass is 32.1. The largest absolute Gasteiger partial charge is 0.197 e. The molecule has 2 rings (SSSR count). The molecule has 0 amide bonds.